The van der Waals surface area contributed by atoms with Crippen molar-refractivity contribution >= 4 is 16.9 Å². The second-order valence-corrected chi connectivity index (χ2v) is 5.84. The zero-order valence-corrected chi connectivity index (χ0v) is 12.4. The quantitative estimate of drug-likeness (QED) is 0.769. The van der Waals surface area contributed by atoms with Gasteiger partial charge >= 0.3 is 0 Å². The predicted octanol–water partition coefficient (Wildman–Crippen LogP) is 2.00. The standard InChI is InChI=1S/C16H17N5O/c1-16(2,15(17)22)14(10-4-3-7-18-8-10)12-6-5-11-13(20-12)9-19-21-11/h3-9,14H,1-2H3,(H2,17,22)(H,19,21). The Hall–Kier alpha value is -2.76. The molecule has 3 aromatic heterocycles. The first-order valence-corrected chi connectivity index (χ1v) is 7.00. The Bertz CT molecular complexity index is 810. The average Bonchev–Trinajstić information content (AvgIpc) is 2.96. The third kappa shape index (κ3) is 2.32. The van der Waals surface area contributed by atoms with Crippen molar-refractivity contribution in [2.75, 3.05) is 0 Å². The van der Waals surface area contributed by atoms with Gasteiger partial charge in [0.05, 0.1) is 17.1 Å². The first kappa shape index (κ1) is 14.2. The molecule has 1 amide bonds. The van der Waals surface area contributed by atoms with Gasteiger partial charge in [0, 0.05) is 24.0 Å². The molecule has 6 nitrogen and oxygen atoms in total. The van der Waals surface area contributed by atoms with Crippen molar-refractivity contribution in [2.24, 2.45) is 11.1 Å². The molecule has 0 saturated carbocycles. The monoisotopic (exact) mass is 295 g/mol. The molecular formula is C16H17N5O. The lowest BCUT2D eigenvalue weighted by molar-refractivity contribution is -0.126. The molecule has 0 aliphatic rings. The molecule has 3 rings (SSSR count). The van der Waals surface area contributed by atoms with Gasteiger partial charge in [0.15, 0.2) is 0 Å². The number of rotatable bonds is 4. The van der Waals surface area contributed by atoms with Crippen LogP contribution in [0.1, 0.15) is 31.0 Å². The summed E-state index contributed by atoms with van der Waals surface area (Å²) < 4.78 is 0. The highest BCUT2D eigenvalue weighted by atomic mass is 16.1. The molecule has 1 atom stereocenters. The Labute approximate surface area is 127 Å². The van der Waals surface area contributed by atoms with Gasteiger partial charge in [-0.3, -0.25) is 14.9 Å². The Morgan fingerprint density at radius 1 is 1.27 bits per heavy atom. The normalized spacial score (nSPS) is 13.2. The van der Waals surface area contributed by atoms with Gasteiger partial charge in [-0.05, 0) is 23.8 Å². The summed E-state index contributed by atoms with van der Waals surface area (Å²) in [4.78, 5) is 20.8. The molecule has 3 N–H and O–H groups in total. The smallest absolute Gasteiger partial charge is 0.224 e. The van der Waals surface area contributed by atoms with E-state index in [0.29, 0.717) is 0 Å². The highest BCUT2D eigenvalue weighted by molar-refractivity contribution is 5.82. The van der Waals surface area contributed by atoms with Crippen LogP contribution in [0.5, 0.6) is 0 Å². The Morgan fingerprint density at radius 2 is 2.09 bits per heavy atom. The van der Waals surface area contributed by atoms with Crippen molar-refractivity contribution in [3.63, 3.8) is 0 Å². The number of nitrogens with one attached hydrogen (secondary N) is 1. The summed E-state index contributed by atoms with van der Waals surface area (Å²) >= 11 is 0. The first-order valence-electron chi connectivity index (χ1n) is 7.00. The molecule has 1 unspecified atom stereocenters. The predicted molar refractivity (Wildman–Crippen MR) is 82.9 cm³/mol. The number of hydrogen-bond acceptors (Lipinski definition) is 4. The number of hydrogen-bond donors (Lipinski definition) is 2. The lowest BCUT2D eigenvalue weighted by atomic mass is 9.73. The summed E-state index contributed by atoms with van der Waals surface area (Å²) in [6, 6.07) is 7.58. The van der Waals surface area contributed by atoms with Crippen LogP contribution in [0.15, 0.2) is 42.9 Å². The highest BCUT2D eigenvalue weighted by Crippen LogP contribution is 2.40. The van der Waals surface area contributed by atoms with E-state index in [1.165, 1.54) is 0 Å². The molecule has 0 fully saturated rings. The van der Waals surface area contributed by atoms with Gasteiger partial charge in [-0.25, -0.2) is 4.98 Å². The zero-order valence-electron chi connectivity index (χ0n) is 12.4. The van der Waals surface area contributed by atoms with Gasteiger partial charge in [0.1, 0.15) is 5.52 Å². The number of H-pyrrole nitrogens is 1. The largest absolute Gasteiger partial charge is 0.369 e. The van der Waals surface area contributed by atoms with Gasteiger partial charge in [0.25, 0.3) is 0 Å². The molecule has 0 saturated heterocycles. The lowest BCUT2D eigenvalue weighted by Gasteiger charge is -2.31. The van der Waals surface area contributed by atoms with Crippen LogP contribution in [0.2, 0.25) is 0 Å². The fourth-order valence-electron chi connectivity index (χ4n) is 2.65. The van der Waals surface area contributed by atoms with Crippen molar-refractivity contribution < 1.29 is 4.79 Å². The van der Waals surface area contributed by atoms with Crippen LogP contribution in [0.4, 0.5) is 0 Å². The minimum Gasteiger partial charge on any atom is -0.369 e. The SMILES string of the molecule is CC(C)(C(N)=O)C(c1cccnc1)c1ccc2[nH]ncc2n1. The molecule has 3 heterocycles. The van der Waals surface area contributed by atoms with Crippen molar-refractivity contribution in [3.05, 3.63) is 54.1 Å². The third-order valence-electron chi connectivity index (χ3n) is 3.99. The number of carbonyl (C=O) groups is 1. The summed E-state index contributed by atoms with van der Waals surface area (Å²) in [6.45, 7) is 3.66. The maximum Gasteiger partial charge on any atom is 0.224 e. The highest BCUT2D eigenvalue weighted by Gasteiger charge is 2.38. The average molecular weight is 295 g/mol. The maximum atomic E-state index is 12.0. The van der Waals surface area contributed by atoms with Crippen LogP contribution >= 0.6 is 0 Å². The summed E-state index contributed by atoms with van der Waals surface area (Å²) in [7, 11) is 0. The number of carbonyl (C=O) groups excluding carboxylic acids is 1. The van der Waals surface area contributed by atoms with Crippen LogP contribution in [0, 0.1) is 5.41 Å². The fourth-order valence-corrected chi connectivity index (χ4v) is 2.65. The number of pyridine rings is 2. The minimum absolute atomic E-state index is 0.280. The number of nitrogens with zero attached hydrogens (tertiary/aromatic N) is 3. The molecule has 112 valence electrons. The number of fused-ring (bicyclic) bond motifs is 1. The molecule has 0 aromatic carbocycles. The zero-order chi connectivity index (χ0) is 15.7. The van der Waals surface area contributed by atoms with Gasteiger partial charge in [-0.15, -0.1) is 0 Å². The molecule has 0 spiro atoms. The summed E-state index contributed by atoms with van der Waals surface area (Å²) in [5.41, 5.74) is 8.12. The van der Waals surface area contributed by atoms with Gasteiger partial charge in [0.2, 0.25) is 5.91 Å². The number of amides is 1. The second kappa shape index (κ2) is 5.22. The molecule has 0 bridgehead atoms. The van der Waals surface area contributed by atoms with Crippen molar-refractivity contribution in [1.29, 1.82) is 0 Å². The van der Waals surface area contributed by atoms with Gasteiger partial charge in [-0.1, -0.05) is 19.9 Å². The van der Waals surface area contributed by atoms with E-state index < -0.39 is 5.41 Å². The van der Waals surface area contributed by atoms with E-state index in [1.807, 2.05) is 38.1 Å². The number of nitrogens with two attached hydrogens (primary N) is 1. The third-order valence-corrected chi connectivity index (χ3v) is 3.99. The van der Waals surface area contributed by atoms with E-state index in [2.05, 4.69) is 20.2 Å². The summed E-state index contributed by atoms with van der Waals surface area (Å²) in [5, 5.41) is 6.85. The number of primary amides is 1. The van der Waals surface area contributed by atoms with Crippen LogP contribution in [0.25, 0.3) is 11.0 Å². The Kier molecular flexibility index (Phi) is 3.36. The van der Waals surface area contributed by atoms with E-state index in [9.17, 15) is 4.79 Å². The van der Waals surface area contributed by atoms with Crippen LogP contribution < -0.4 is 5.73 Å². The lowest BCUT2D eigenvalue weighted by Crippen LogP contribution is -2.38. The second-order valence-electron chi connectivity index (χ2n) is 5.84. The van der Waals surface area contributed by atoms with Gasteiger partial charge in [-0.2, -0.15) is 5.10 Å². The van der Waals surface area contributed by atoms with Gasteiger partial charge < -0.3 is 5.73 Å². The number of aromatic nitrogens is 4. The fraction of sp³-hybridized carbons (Fsp3) is 0.250. The number of aromatic amines is 1. The van der Waals surface area contributed by atoms with Crippen molar-refractivity contribution in [3.8, 4) is 0 Å². The van der Waals surface area contributed by atoms with E-state index >= 15 is 0 Å². The molecule has 0 aliphatic carbocycles. The van der Waals surface area contributed by atoms with E-state index in [-0.39, 0.29) is 11.8 Å². The summed E-state index contributed by atoms with van der Waals surface area (Å²) in [6.07, 6.45) is 5.11. The molecule has 22 heavy (non-hydrogen) atoms. The van der Waals surface area contributed by atoms with Crippen LogP contribution in [-0.2, 0) is 4.79 Å². The van der Waals surface area contributed by atoms with E-state index in [0.717, 1.165) is 22.3 Å². The Balaban J connectivity index is 2.18. The molecule has 6 heteroatoms. The van der Waals surface area contributed by atoms with E-state index in [1.54, 1.807) is 18.6 Å². The Morgan fingerprint density at radius 3 is 2.77 bits per heavy atom. The molecule has 3 aromatic rings. The maximum absolute atomic E-state index is 12.0. The van der Waals surface area contributed by atoms with Crippen molar-refractivity contribution in [2.45, 2.75) is 19.8 Å². The molecule has 0 radical (unpaired) electrons. The van der Waals surface area contributed by atoms with Crippen LogP contribution in [0.3, 0.4) is 0 Å². The minimum atomic E-state index is -0.798. The summed E-state index contributed by atoms with van der Waals surface area (Å²) in [5.74, 6) is -0.659. The first-order chi connectivity index (χ1) is 10.5. The van der Waals surface area contributed by atoms with Crippen molar-refractivity contribution in [1.82, 2.24) is 20.2 Å². The molecule has 0 aliphatic heterocycles. The topological polar surface area (TPSA) is 97.6 Å². The van der Waals surface area contributed by atoms with Crippen LogP contribution in [-0.4, -0.2) is 26.1 Å². The van der Waals surface area contributed by atoms with E-state index in [4.69, 9.17) is 5.73 Å². The molecular weight excluding hydrogens is 278 g/mol.